The van der Waals surface area contributed by atoms with E-state index in [-0.39, 0.29) is 6.10 Å². The van der Waals surface area contributed by atoms with Crippen LogP contribution >= 0.6 is 0 Å². The number of nitrogens with zero attached hydrogens (tertiary/aromatic N) is 1. The van der Waals surface area contributed by atoms with Crippen molar-refractivity contribution in [3.63, 3.8) is 0 Å². The van der Waals surface area contributed by atoms with E-state index in [2.05, 4.69) is 16.9 Å². The molecule has 68 valence electrons. The van der Waals surface area contributed by atoms with E-state index >= 15 is 0 Å². The number of aliphatic hydroxyl groups excluding tert-OH is 1. The second-order valence-corrected chi connectivity index (χ2v) is 3.19. The van der Waals surface area contributed by atoms with Gasteiger partial charge in [-0.1, -0.05) is 20.3 Å². The summed E-state index contributed by atoms with van der Waals surface area (Å²) in [5.74, 6) is 1.21. The molecule has 2 atom stereocenters. The number of H-pyrrole nitrogens is 1. The van der Waals surface area contributed by atoms with Gasteiger partial charge in [0, 0.05) is 18.8 Å². The minimum atomic E-state index is -0.277. The van der Waals surface area contributed by atoms with Crippen LogP contribution in [-0.2, 0) is 6.42 Å². The van der Waals surface area contributed by atoms with Gasteiger partial charge in [-0.05, 0) is 5.92 Å². The third-order valence-electron chi connectivity index (χ3n) is 2.26. The van der Waals surface area contributed by atoms with Crippen LogP contribution in [0.2, 0.25) is 0 Å². The monoisotopic (exact) mass is 168 g/mol. The van der Waals surface area contributed by atoms with Gasteiger partial charge in [0.15, 0.2) is 0 Å². The molecule has 0 bridgehead atoms. The van der Waals surface area contributed by atoms with Crippen molar-refractivity contribution in [2.24, 2.45) is 5.92 Å². The summed E-state index contributed by atoms with van der Waals surface area (Å²) in [6.07, 6.45) is 4.84. The normalized spacial score (nSPS) is 15.9. The molecule has 3 heteroatoms. The van der Waals surface area contributed by atoms with Gasteiger partial charge in [0.1, 0.15) is 5.82 Å². The maximum absolute atomic E-state index is 9.63. The molecular formula is C9H16N2O. The van der Waals surface area contributed by atoms with E-state index in [4.69, 9.17) is 0 Å². The first-order valence-corrected chi connectivity index (χ1v) is 4.40. The first-order chi connectivity index (χ1) is 5.74. The lowest BCUT2D eigenvalue weighted by Gasteiger charge is -2.15. The Morgan fingerprint density at radius 3 is 2.92 bits per heavy atom. The molecule has 0 saturated carbocycles. The largest absolute Gasteiger partial charge is 0.392 e. The first kappa shape index (κ1) is 9.26. The summed E-state index contributed by atoms with van der Waals surface area (Å²) in [7, 11) is 0. The van der Waals surface area contributed by atoms with Gasteiger partial charge in [0.2, 0.25) is 0 Å². The van der Waals surface area contributed by atoms with Crippen LogP contribution in [0.4, 0.5) is 0 Å². The molecule has 12 heavy (non-hydrogen) atoms. The van der Waals surface area contributed by atoms with Crippen molar-refractivity contribution < 1.29 is 5.11 Å². The number of nitrogens with one attached hydrogen (secondary N) is 1. The van der Waals surface area contributed by atoms with Gasteiger partial charge >= 0.3 is 0 Å². The molecular weight excluding hydrogens is 152 g/mol. The van der Waals surface area contributed by atoms with Gasteiger partial charge in [0.05, 0.1) is 6.10 Å². The van der Waals surface area contributed by atoms with E-state index in [9.17, 15) is 5.11 Å². The van der Waals surface area contributed by atoms with E-state index in [0.29, 0.717) is 12.3 Å². The van der Waals surface area contributed by atoms with Gasteiger partial charge < -0.3 is 10.1 Å². The Morgan fingerprint density at radius 2 is 2.42 bits per heavy atom. The summed E-state index contributed by atoms with van der Waals surface area (Å²) >= 11 is 0. The van der Waals surface area contributed by atoms with Gasteiger partial charge in [-0.2, -0.15) is 0 Å². The Balaban J connectivity index is 2.41. The molecule has 1 heterocycles. The van der Waals surface area contributed by atoms with Crippen LogP contribution < -0.4 is 0 Å². The average Bonchev–Trinajstić information content (AvgIpc) is 2.55. The number of aromatic nitrogens is 2. The molecule has 0 fully saturated rings. The number of aromatic amines is 1. The Kier molecular flexibility index (Phi) is 3.29. The fourth-order valence-electron chi connectivity index (χ4n) is 1.08. The maximum atomic E-state index is 9.63. The Bertz CT molecular complexity index is 208. The van der Waals surface area contributed by atoms with Gasteiger partial charge in [0.25, 0.3) is 0 Å². The number of rotatable bonds is 4. The van der Waals surface area contributed by atoms with Crippen LogP contribution in [0.25, 0.3) is 0 Å². The molecule has 0 aromatic carbocycles. The molecule has 2 unspecified atom stereocenters. The second-order valence-electron chi connectivity index (χ2n) is 3.19. The molecule has 1 aromatic heterocycles. The van der Waals surface area contributed by atoms with Crippen molar-refractivity contribution in [3.8, 4) is 0 Å². The molecule has 1 rings (SSSR count). The fourth-order valence-corrected chi connectivity index (χ4v) is 1.08. The Hall–Kier alpha value is -0.830. The minimum Gasteiger partial charge on any atom is -0.392 e. The molecule has 0 aliphatic heterocycles. The molecule has 2 N–H and O–H groups in total. The van der Waals surface area contributed by atoms with Crippen LogP contribution in [0.1, 0.15) is 26.1 Å². The molecule has 0 aliphatic rings. The van der Waals surface area contributed by atoms with Crippen LogP contribution in [-0.4, -0.2) is 21.2 Å². The zero-order valence-corrected chi connectivity index (χ0v) is 7.62. The second kappa shape index (κ2) is 4.26. The molecule has 3 nitrogen and oxygen atoms in total. The van der Waals surface area contributed by atoms with E-state index < -0.39 is 0 Å². The summed E-state index contributed by atoms with van der Waals surface area (Å²) < 4.78 is 0. The highest BCUT2D eigenvalue weighted by molar-refractivity contribution is 4.89. The fraction of sp³-hybridized carbons (Fsp3) is 0.667. The van der Waals surface area contributed by atoms with Crippen molar-refractivity contribution in [1.82, 2.24) is 9.97 Å². The highest BCUT2D eigenvalue weighted by atomic mass is 16.3. The summed E-state index contributed by atoms with van der Waals surface area (Å²) in [6.45, 7) is 4.13. The summed E-state index contributed by atoms with van der Waals surface area (Å²) in [5, 5.41) is 9.63. The van der Waals surface area contributed by atoms with Crippen LogP contribution in [0, 0.1) is 5.92 Å². The molecule has 0 radical (unpaired) electrons. The van der Waals surface area contributed by atoms with Gasteiger partial charge in [-0.3, -0.25) is 0 Å². The molecule has 0 amide bonds. The standard InChI is InChI=1S/C9H16N2O/c1-3-7(2)8(12)6-9-10-4-5-11-9/h4-5,7-8,12H,3,6H2,1-2H3,(H,10,11). The molecule has 0 spiro atoms. The zero-order chi connectivity index (χ0) is 8.97. The summed E-state index contributed by atoms with van der Waals surface area (Å²) in [5.41, 5.74) is 0. The van der Waals surface area contributed by atoms with Gasteiger partial charge in [-0.15, -0.1) is 0 Å². The topological polar surface area (TPSA) is 48.9 Å². The Morgan fingerprint density at radius 1 is 1.67 bits per heavy atom. The zero-order valence-electron chi connectivity index (χ0n) is 7.62. The quantitative estimate of drug-likeness (QED) is 0.713. The minimum absolute atomic E-state index is 0.277. The maximum Gasteiger partial charge on any atom is 0.108 e. The number of imidazole rings is 1. The summed E-state index contributed by atoms with van der Waals surface area (Å²) in [6, 6.07) is 0. The number of hydrogen-bond acceptors (Lipinski definition) is 2. The third kappa shape index (κ3) is 2.34. The molecule has 0 aliphatic carbocycles. The van der Waals surface area contributed by atoms with Crippen molar-refractivity contribution in [2.75, 3.05) is 0 Å². The van der Waals surface area contributed by atoms with E-state index in [1.807, 2.05) is 6.92 Å². The predicted molar refractivity (Wildman–Crippen MR) is 47.8 cm³/mol. The SMILES string of the molecule is CCC(C)C(O)Cc1ncc[nH]1. The number of hydrogen-bond donors (Lipinski definition) is 2. The van der Waals surface area contributed by atoms with Crippen molar-refractivity contribution >= 4 is 0 Å². The van der Waals surface area contributed by atoms with Crippen molar-refractivity contribution in [1.29, 1.82) is 0 Å². The van der Waals surface area contributed by atoms with Crippen molar-refractivity contribution in [2.45, 2.75) is 32.8 Å². The lowest BCUT2D eigenvalue weighted by molar-refractivity contribution is 0.113. The predicted octanol–water partition coefficient (Wildman–Crippen LogP) is 1.36. The number of aliphatic hydroxyl groups is 1. The van der Waals surface area contributed by atoms with E-state index in [1.54, 1.807) is 12.4 Å². The summed E-state index contributed by atoms with van der Waals surface area (Å²) in [4.78, 5) is 7.03. The van der Waals surface area contributed by atoms with Gasteiger partial charge in [-0.25, -0.2) is 4.98 Å². The van der Waals surface area contributed by atoms with Crippen LogP contribution in [0.5, 0.6) is 0 Å². The molecule has 0 saturated heterocycles. The van der Waals surface area contributed by atoms with Crippen molar-refractivity contribution in [3.05, 3.63) is 18.2 Å². The van der Waals surface area contributed by atoms with Crippen LogP contribution in [0.15, 0.2) is 12.4 Å². The third-order valence-corrected chi connectivity index (χ3v) is 2.26. The average molecular weight is 168 g/mol. The highest BCUT2D eigenvalue weighted by Gasteiger charge is 2.13. The Labute approximate surface area is 72.8 Å². The lowest BCUT2D eigenvalue weighted by Crippen LogP contribution is -2.20. The van der Waals surface area contributed by atoms with E-state index in [0.717, 1.165) is 12.2 Å². The first-order valence-electron chi connectivity index (χ1n) is 4.40. The smallest absolute Gasteiger partial charge is 0.108 e. The molecule has 1 aromatic rings. The highest BCUT2D eigenvalue weighted by Crippen LogP contribution is 2.10. The van der Waals surface area contributed by atoms with Crippen LogP contribution in [0.3, 0.4) is 0 Å². The van der Waals surface area contributed by atoms with E-state index in [1.165, 1.54) is 0 Å². The lowest BCUT2D eigenvalue weighted by atomic mass is 9.99.